The molecule has 0 aromatic heterocycles. The first-order valence-electron chi connectivity index (χ1n) is 6.38. The van der Waals surface area contributed by atoms with Crippen molar-refractivity contribution in [3.63, 3.8) is 0 Å². The number of aliphatic carboxylic acids is 1. The number of benzene rings is 1. The number of phenolic OH excluding ortho intramolecular Hbond substituents is 1. The summed E-state index contributed by atoms with van der Waals surface area (Å²) < 4.78 is 5.23. The number of hydrogen-bond donors (Lipinski definition) is 2. The van der Waals surface area contributed by atoms with Gasteiger partial charge in [0.15, 0.2) is 6.10 Å². The summed E-state index contributed by atoms with van der Waals surface area (Å²) in [6.45, 7) is 0.386. The van der Waals surface area contributed by atoms with Gasteiger partial charge in [-0.2, -0.15) is 0 Å². The van der Waals surface area contributed by atoms with Crippen LogP contribution in [0, 0.1) is 0 Å². The maximum Gasteiger partial charge on any atom is 0.332 e. The number of hydrogen-bond acceptors (Lipinski definition) is 4. The summed E-state index contributed by atoms with van der Waals surface area (Å²) in [5, 5.41) is 18.0. The maximum absolute atomic E-state index is 12.1. The van der Waals surface area contributed by atoms with Crippen LogP contribution in [0.5, 0.6) is 5.75 Å². The van der Waals surface area contributed by atoms with Gasteiger partial charge < -0.3 is 19.8 Å². The molecule has 2 N–H and O–H groups in total. The van der Waals surface area contributed by atoms with E-state index in [1.54, 1.807) is 31.3 Å². The second-order valence-corrected chi connectivity index (χ2v) is 4.89. The smallest absolute Gasteiger partial charge is 0.332 e. The van der Waals surface area contributed by atoms with Crippen molar-refractivity contribution in [1.82, 2.24) is 4.90 Å². The molecule has 6 nitrogen and oxygen atoms in total. The lowest BCUT2D eigenvalue weighted by Crippen LogP contribution is -2.36. The number of carboxylic acids is 1. The third-order valence-electron chi connectivity index (χ3n) is 3.30. The highest BCUT2D eigenvalue weighted by Crippen LogP contribution is 2.22. The Labute approximate surface area is 116 Å². The second-order valence-electron chi connectivity index (χ2n) is 4.89. The van der Waals surface area contributed by atoms with Crippen molar-refractivity contribution in [2.75, 3.05) is 7.05 Å². The van der Waals surface area contributed by atoms with Crippen molar-refractivity contribution in [2.24, 2.45) is 0 Å². The lowest BCUT2D eigenvalue weighted by atomic mass is 10.1. The summed E-state index contributed by atoms with van der Waals surface area (Å²) in [6, 6.07) is 6.57. The van der Waals surface area contributed by atoms with E-state index in [0.29, 0.717) is 19.4 Å². The molecule has 20 heavy (non-hydrogen) atoms. The average molecular weight is 279 g/mol. The van der Waals surface area contributed by atoms with E-state index in [4.69, 9.17) is 9.84 Å². The van der Waals surface area contributed by atoms with Crippen LogP contribution in [0.4, 0.5) is 0 Å². The SMILES string of the molecule is CN(Cc1ccc(O)cc1)C(=O)[C@@H]1CC[C@H](C(=O)O)O1. The zero-order valence-electron chi connectivity index (χ0n) is 11.2. The van der Waals surface area contributed by atoms with Crippen molar-refractivity contribution in [2.45, 2.75) is 31.6 Å². The van der Waals surface area contributed by atoms with Crippen LogP contribution < -0.4 is 0 Å². The number of rotatable bonds is 4. The first kappa shape index (κ1) is 14.3. The topological polar surface area (TPSA) is 87.1 Å². The van der Waals surface area contributed by atoms with Gasteiger partial charge in [-0.3, -0.25) is 4.79 Å². The summed E-state index contributed by atoms with van der Waals surface area (Å²) in [5.41, 5.74) is 0.881. The summed E-state index contributed by atoms with van der Waals surface area (Å²) in [6.07, 6.45) is -0.779. The lowest BCUT2D eigenvalue weighted by Gasteiger charge is -2.21. The van der Waals surface area contributed by atoms with Crippen molar-refractivity contribution >= 4 is 11.9 Å². The van der Waals surface area contributed by atoms with Crippen LogP contribution in [0.25, 0.3) is 0 Å². The van der Waals surface area contributed by atoms with E-state index in [1.807, 2.05) is 0 Å². The van der Waals surface area contributed by atoms with Crippen molar-refractivity contribution < 1.29 is 24.5 Å². The molecule has 0 saturated carbocycles. The highest BCUT2D eigenvalue weighted by Gasteiger charge is 2.35. The van der Waals surface area contributed by atoms with Crippen LogP contribution in [-0.4, -0.2) is 46.2 Å². The van der Waals surface area contributed by atoms with Crippen molar-refractivity contribution in [3.05, 3.63) is 29.8 Å². The van der Waals surface area contributed by atoms with Gasteiger partial charge in [0.2, 0.25) is 0 Å². The molecule has 1 aliphatic heterocycles. The van der Waals surface area contributed by atoms with Crippen LogP contribution in [-0.2, 0) is 20.9 Å². The van der Waals surface area contributed by atoms with E-state index in [2.05, 4.69) is 0 Å². The zero-order valence-corrected chi connectivity index (χ0v) is 11.2. The third kappa shape index (κ3) is 3.27. The van der Waals surface area contributed by atoms with Crippen molar-refractivity contribution in [1.29, 1.82) is 0 Å². The Morgan fingerprint density at radius 3 is 2.40 bits per heavy atom. The molecule has 1 aliphatic rings. The molecular formula is C14H17NO5. The standard InChI is InChI=1S/C14H17NO5/c1-15(8-9-2-4-10(16)5-3-9)13(17)11-6-7-12(20-11)14(18)19/h2-5,11-12,16H,6-8H2,1H3,(H,18,19)/t11-,12+/m0/s1. The lowest BCUT2D eigenvalue weighted by molar-refractivity contribution is -0.154. The largest absolute Gasteiger partial charge is 0.508 e. The van der Waals surface area contributed by atoms with Crippen LogP contribution in [0.15, 0.2) is 24.3 Å². The van der Waals surface area contributed by atoms with Gasteiger partial charge >= 0.3 is 5.97 Å². The van der Waals surface area contributed by atoms with E-state index in [-0.39, 0.29) is 11.7 Å². The quantitative estimate of drug-likeness (QED) is 0.858. The molecule has 1 aromatic carbocycles. The van der Waals surface area contributed by atoms with E-state index in [1.165, 1.54) is 4.90 Å². The molecule has 0 bridgehead atoms. The number of likely N-dealkylation sites (N-methyl/N-ethyl adjacent to an activating group) is 1. The minimum atomic E-state index is -1.03. The Morgan fingerprint density at radius 1 is 1.25 bits per heavy atom. The molecule has 1 fully saturated rings. The van der Waals surface area contributed by atoms with Gasteiger partial charge in [-0.05, 0) is 30.5 Å². The van der Waals surface area contributed by atoms with Gasteiger partial charge in [0, 0.05) is 13.6 Å². The number of phenols is 1. The maximum atomic E-state index is 12.1. The van der Waals surface area contributed by atoms with E-state index >= 15 is 0 Å². The third-order valence-corrected chi connectivity index (χ3v) is 3.30. The Balaban J connectivity index is 1.92. The van der Waals surface area contributed by atoms with Crippen LogP contribution >= 0.6 is 0 Å². The Morgan fingerprint density at radius 2 is 1.85 bits per heavy atom. The summed E-state index contributed by atoms with van der Waals surface area (Å²) in [4.78, 5) is 24.4. The van der Waals surface area contributed by atoms with E-state index in [9.17, 15) is 14.7 Å². The minimum absolute atomic E-state index is 0.172. The molecule has 1 aromatic rings. The highest BCUT2D eigenvalue weighted by molar-refractivity contribution is 5.82. The molecule has 2 atom stereocenters. The highest BCUT2D eigenvalue weighted by atomic mass is 16.5. The average Bonchev–Trinajstić information content (AvgIpc) is 2.90. The molecule has 1 saturated heterocycles. The monoisotopic (exact) mass is 279 g/mol. The van der Waals surface area contributed by atoms with Crippen molar-refractivity contribution in [3.8, 4) is 5.75 Å². The van der Waals surface area contributed by atoms with Gasteiger partial charge in [-0.1, -0.05) is 12.1 Å². The Kier molecular flexibility index (Phi) is 4.24. The van der Waals surface area contributed by atoms with Crippen LogP contribution in [0.2, 0.25) is 0 Å². The fraction of sp³-hybridized carbons (Fsp3) is 0.429. The first-order chi connectivity index (χ1) is 9.47. The normalized spacial score (nSPS) is 21.6. The predicted molar refractivity (Wildman–Crippen MR) is 70.1 cm³/mol. The summed E-state index contributed by atoms with van der Waals surface area (Å²) in [5.74, 6) is -1.07. The minimum Gasteiger partial charge on any atom is -0.508 e. The number of amides is 1. The Bertz CT molecular complexity index is 499. The number of aromatic hydroxyl groups is 1. The Hall–Kier alpha value is -2.08. The molecule has 108 valence electrons. The molecule has 2 rings (SSSR count). The van der Waals surface area contributed by atoms with Gasteiger partial charge in [0.1, 0.15) is 11.9 Å². The fourth-order valence-corrected chi connectivity index (χ4v) is 2.20. The molecule has 0 aliphatic carbocycles. The molecular weight excluding hydrogens is 262 g/mol. The number of carboxylic acid groups (broad SMARTS) is 1. The molecule has 1 amide bonds. The number of carbonyl (C=O) groups is 2. The van der Waals surface area contributed by atoms with Gasteiger partial charge in [-0.25, -0.2) is 4.79 Å². The van der Waals surface area contributed by atoms with Gasteiger partial charge in [-0.15, -0.1) is 0 Å². The van der Waals surface area contributed by atoms with Gasteiger partial charge in [0.05, 0.1) is 0 Å². The zero-order chi connectivity index (χ0) is 14.7. The molecule has 6 heteroatoms. The van der Waals surface area contributed by atoms with Crippen LogP contribution in [0.1, 0.15) is 18.4 Å². The summed E-state index contributed by atoms with van der Waals surface area (Å²) >= 11 is 0. The molecule has 0 spiro atoms. The van der Waals surface area contributed by atoms with E-state index in [0.717, 1.165) is 5.56 Å². The second kappa shape index (κ2) is 5.92. The fourth-order valence-electron chi connectivity index (χ4n) is 2.20. The predicted octanol–water partition coefficient (Wildman–Crippen LogP) is 0.983. The van der Waals surface area contributed by atoms with Crippen LogP contribution in [0.3, 0.4) is 0 Å². The molecule has 1 heterocycles. The number of carbonyl (C=O) groups excluding carboxylic acids is 1. The summed E-state index contributed by atoms with van der Waals surface area (Å²) in [7, 11) is 1.65. The van der Waals surface area contributed by atoms with E-state index < -0.39 is 18.2 Å². The number of nitrogens with zero attached hydrogens (tertiary/aromatic N) is 1. The number of ether oxygens (including phenoxy) is 1. The molecule has 0 radical (unpaired) electrons. The molecule has 0 unspecified atom stereocenters. The van der Waals surface area contributed by atoms with Gasteiger partial charge in [0.25, 0.3) is 5.91 Å². The first-order valence-corrected chi connectivity index (χ1v) is 6.38.